The molecule has 3 rings (SSSR count). The number of esters is 2. The van der Waals surface area contributed by atoms with E-state index in [-0.39, 0.29) is 24.2 Å². The molecule has 0 aliphatic carbocycles. The van der Waals surface area contributed by atoms with Crippen molar-refractivity contribution < 1.29 is 36.6 Å². The summed E-state index contributed by atoms with van der Waals surface area (Å²) in [7, 11) is 0. The molecule has 0 N–H and O–H groups in total. The number of unbranched alkanes of at least 4 members (excludes halogenated alkanes) is 5. The monoisotopic (exact) mass is 544 g/mol. The largest absolute Gasteiger partial charge is 0.449 e. The standard InChI is InChI=1S/C31H32F4O4/c1-3-4-5-6-7-8-9-28(31(33,34)35)39-30(37)26-19-18-25(20-27(26)32)38-29(36)24-16-14-23(15-17-24)22-12-10-21(2)11-13-22/h10-20,28H,3-9H2,1-2H3. The number of halogens is 4. The average Bonchev–Trinajstić information content (AvgIpc) is 2.90. The molecule has 208 valence electrons. The molecule has 0 radical (unpaired) electrons. The van der Waals surface area contributed by atoms with Crippen molar-refractivity contribution in [2.45, 2.75) is 71.1 Å². The lowest BCUT2D eigenvalue weighted by molar-refractivity contribution is -0.206. The first-order valence-corrected chi connectivity index (χ1v) is 13.0. The number of benzene rings is 3. The van der Waals surface area contributed by atoms with E-state index in [0.29, 0.717) is 6.42 Å². The predicted octanol–water partition coefficient (Wildman–Crippen LogP) is 8.86. The third-order valence-electron chi connectivity index (χ3n) is 6.31. The quantitative estimate of drug-likeness (QED) is 0.0989. The van der Waals surface area contributed by atoms with E-state index in [1.165, 1.54) is 0 Å². The van der Waals surface area contributed by atoms with Crippen LogP contribution in [0, 0.1) is 12.7 Å². The fourth-order valence-electron chi connectivity index (χ4n) is 4.03. The molecule has 0 aliphatic heterocycles. The van der Waals surface area contributed by atoms with Gasteiger partial charge < -0.3 is 9.47 Å². The summed E-state index contributed by atoms with van der Waals surface area (Å²) in [6.45, 7) is 4.03. The molecule has 0 fully saturated rings. The van der Waals surface area contributed by atoms with Crippen LogP contribution < -0.4 is 4.74 Å². The molecule has 3 aromatic rings. The molecule has 0 saturated carbocycles. The van der Waals surface area contributed by atoms with E-state index in [9.17, 15) is 27.2 Å². The maximum Gasteiger partial charge on any atom is 0.425 e. The van der Waals surface area contributed by atoms with Crippen LogP contribution in [-0.2, 0) is 4.74 Å². The highest BCUT2D eigenvalue weighted by molar-refractivity contribution is 5.92. The molecule has 4 nitrogen and oxygen atoms in total. The van der Waals surface area contributed by atoms with Crippen molar-refractivity contribution in [2.24, 2.45) is 0 Å². The van der Waals surface area contributed by atoms with Crippen molar-refractivity contribution in [3.05, 3.63) is 89.2 Å². The zero-order chi connectivity index (χ0) is 28.4. The first kappa shape index (κ1) is 29.9. The molecule has 39 heavy (non-hydrogen) atoms. The van der Waals surface area contributed by atoms with Gasteiger partial charge in [-0.25, -0.2) is 14.0 Å². The van der Waals surface area contributed by atoms with E-state index >= 15 is 0 Å². The maximum absolute atomic E-state index is 14.6. The van der Waals surface area contributed by atoms with Gasteiger partial charge in [-0.2, -0.15) is 13.2 Å². The smallest absolute Gasteiger partial charge is 0.425 e. The second-order valence-electron chi connectivity index (χ2n) is 9.47. The van der Waals surface area contributed by atoms with Crippen LogP contribution in [0.1, 0.15) is 78.1 Å². The molecule has 1 atom stereocenters. The fraction of sp³-hybridized carbons (Fsp3) is 0.355. The number of carbonyl (C=O) groups excluding carboxylic acids is 2. The van der Waals surface area contributed by atoms with Gasteiger partial charge in [0.15, 0.2) is 6.10 Å². The van der Waals surface area contributed by atoms with Crippen LogP contribution in [0.2, 0.25) is 0 Å². The molecule has 0 heterocycles. The van der Waals surface area contributed by atoms with Crippen molar-refractivity contribution in [1.82, 2.24) is 0 Å². The molecule has 0 spiro atoms. The van der Waals surface area contributed by atoms with Gasteiger partial charge in [-0.1, -0.05) is 81.0 Å². The number of carbonyl (C=O) groups is 2. The van der Waals surface area contributed by atoms with Crippen LogP contribution in [0.15, 0.2) is 66.7 Å². The highest BCUT2D eigenvalue weighted by Crippen LogP contribution is 2.29. The fourth-order valence-corrected chi connectivity index (χ4v) is 4.03. The van der Waals surface area contributed by atoms with Gasteiger partial charge >= 0.3 is 18.1 Å². The Kier molecular flexibility index (Phi) is 10.7. The third kappa shape index (κ3) is 8.94. The summed E-state index contributed by atoms with van der Waals surface area (Å²) < 4.78 is 64.7. The number of hydrogen-bond acceptors (Lipinski definition) is 4. The first-order chi connectivity index (χ1) is 18.6. The number of aryl methyl sites for hydroxylation is 1. The Morgan fingerprint density at radius 1 is 0.795 bits per heavy atom. The Hall–Kier alpha value is -3.68. The lowest BCUT2D eigenvalue weighted by Gasteiger charge is -2.21. The summed E-state index contributed by atoms with van der Waals surface area (Å²) in [6.07, 6.45) is -2.86. The van der Waals surface area contributed by atoms with E-state index in [1.54, 1.807) is 24.3 Å². The Labute approximate surface area is 226 Å². The van der Waals surface area contributed by atoms with Gasteiger partial charge in [-0.15, -0.1) is 0 Å². The minimum absolute atomic E-state index is 0.198. The number of hydrogen-bond donors (Lipinski definition) is 0. The topological polar surface area (TPSA) is 52.6 Å². The number of alkyl halides is 3. The van der Waals surface area contributed by atoms with Gasteiger partial charge in [0, 0.05) is 6.07 Å². The van der Waals surface area contributed by atoms with Crippen molar-refractivity contribution in [3.8, 4) is 16.9 Å². The second kappa shape index (κ2) is 13.9. The van der Waals surface area contributed by atoms with Gasteiger partial charge in [0.1, 0.15) is 11.6 Å². The predicted molar refractivity (Wildman–Crippen MR) is 141 cm³/mol. The van der Waals surface area contributed by atoms with Crippen molar-refractivity contribution in [3.63, 3.8) is 0 Å². The lowest BCUT2D eigenvalue weighted by atomic mass is 10.0. The summed E-state index contributed by atoms with van der Waals surface area (Å²) >= 11 is 0. The average molecular weight is 545 g/mol. The Balaban J connectivity index is 1.60. The zero-order valence-corrected chi connectivity index (χ0v) is 22.0. The Morgan fingerprint density at radius 2 is 1.38 bits per heavy atom. The van der Waals surface area contributed by atoms with E-state index in [4.69, 9.17) is 4.74 Å². The van der Waals surface area contributed by atoms with Crippen molar-refractivity contribution >= 4 is 11.9 Å². The highest BCUT2D eigenvalue weighted by atomic mass is 19.4. The van der Waals surface area contributed by atoms with Gasteiger partial charge in [0.2, 0.25) is 0 Å². The molecule has 8 heteroatoms. The molecule has 1 unspecified atom stereocenters. The van der Waals surface area contributed by atoms with Gasteiger partial charge in [-0.3, -0.25) is 0 Å². The summed E-state index contributed by atoms with van der Waals surface area (Å²) in [6, 6.07) is 17.4. The normalized spacial score (nSPS) is 12.2. The van der Waals surface area contributed by atoms with E-state index in [0.717, 1.165) is 60.6 Å². The summed E-state index contributed by atoms with van der Waals surface area (Å²) in [4.78, 5) is 24.9. The van der Waals surface area contributed by atoms with Crippen molar-refractivity contribution in [1.29, 1.82) is 0 Å². The number of rotatable bonds is 12. The van der Waals surface area contributed by atoms with Crippen LogP contribution in [0.3, 0.4) is 0 Å². The third-order valence-corrected chi connectivity index (χ3v) is 6.31. The molecular weight excluding hydrogens is 512 g/mol. The van der Waals surface area contributed by atoms with E-state index < -0.39 is 35.6 Å². The molecule has 0 aliphatic rings. The minimum atomic E-state index is -4.76. The Morgan fingerprint density at radius 3 is 1.97 bits per heavy atom. The summed E-state index contributed by atoms with van der Waals surface area (Å²) in [5, 5.41) is 0. The SMILES string of the molecule is CCCCCCCCC(OC(=O)c1ccc(OC(=O)c2ccc(-c3ccc(C)cc3)cc2)cc1F)C(F)(F)F. The molecular formula is C31H32F4O4. The molecule has 3 aromatic carbocycles. The molecule has 0 bridgehead atoms. The molecule has 0 aromatic heterocycles. The van der Waals surface area contributed by atoms with E-state index in [2.05, 4.69) is 4.74 Å². The summed E-state index contributed by atoms with van der Waals surface area (Å²) in [5.74, 6) is -3.53. The van der Waals surface area contributed by atoms with Gasteiger partial charge in [0.25, 0.3) is 0 Å². The van der Waals surface area contributed by atoms with Gasteiger partial charge in [0.05, 0.1) is 11.1 Å². The zero-order valence-electron chi connectivity index (χ0n) is 22.0. The van der Waals surface area contributed by atoms with Crippen LogP contribution in [0.4, 0.5) is 17.6 Å². The van der Waals surface area contributed by atoms with Crippen molar-refractivity contribution in [2.75, 3.05) is 0 Å². The maximum atomic E-state index is 14.6. The lowest BCUT2D eigenvalue weighted by Crippen LogP contribution is -2.34. The number of ether oxygens (including phenoxy) is 2. The van der Waals surface area contributed by atoms with Crippen LogP contribution in [0.25, 0.3) is 11.1 Å². The Bertz CT molecular complexity index is 1230. The highest BCUT2D eigenvalue weighted by Gasteiger charge is 2.42. The second-order valence-corrected chi connectivity index (χ2v) is 9.47. The van der Waals surface area contributed by atoms with Crippen LogP contribution >= 0.6 is 0 Å². The van der Waals surface area contributed by atoms with Gasteiger partial charge in [-0.05, 0) is 55.2 Å². The minimum Gasteiger partial charge on any atom is -0.449 e. The van der Waals surface area contributed by atoms with Crippen LogP contribution in [0.5, 0.6) is 5.75 Å². The summed E-state index contributed by atoms with van der Waals surface area (Å²) in [5.41, 5.74) is 2.55. The first-order valence-electron chi connectivity index (χ1n) is 13.0. The molecule has 0 saturated heterocycles. The van der Waals surface area contributed by atoms with E-state index in [1.807, 2.05) is 38.1 Å². The molecule has 0 amide bonds. The van der Waals surface area contributed by atoms with Crippen LogP contribution in [-0.4, -0.2) is 24.2 Å².